The largest absolute Gasteiger partial charge is 0.497 e. The predicted octanol–water partition coefficient (Wildman–Crippen LogP) is 2.77. The number of rotatable bonds is 5. The van der Waals surface area contributed by atoms with Crippen LogP contribution in [0.5, 0.6) is 5.75 Å². The molecule has 1 fully saturated rings. The molecule has 102 valence electrons. The summed E-state index contributed by atoms with van der Waals surface area (Å²) in [5.74, 6) is 0.00538. The molecule has 0 bridgehead atoms. The van der Waals surface area contributed by atoms with Crippen LogP contribution in [0.2, 0.25) is 0 Å². The van der Waals surface area contributed by atoms with Gasteiger partial charge < -0.3 is 9.84 Å². The van der Waals surface area contributed by atoms with Crippen molar-refractivity contribution in [2.24, 2.45) is 11.8 Å². The van der Waals surface area contributed by atoms with E-state index in [1.807, 2.05) is 0 Å². The average molecular weight is 262 g/mol. The van der Waals surface area contributed by atoms with Gasteiger partial charge in [0.15, 0.2) is 5.78 Å². The van der Waals surface area contributed by atoms with E-state index in [0.29, 0.717) is 24.8 Å². The molecule has 0 unspecified atom stereocenters. The normalized spacial score (nSPS) is 22.2. The molecule has 19 heavy (non-hydrogen) atoms. The number of methoxy groups -OCH3 is 1. The highest BCUT2D eigenvalue weighted by atomic mass is 16.5. The molecule has 1 aliphatic carbocycles. The van der Waals surface area contributed by atoms with Crippen LogP contribution in [0.15, 0.2) is 24.3 Å². The fourth-order valence-electron chi connectivity index (χ4n) is 2.64. The molecule has 1 aromatic carbocycles. The molecule has 4 nitrogen and oxygen atoms in total. The number of ether oxygens (including phenoxy) is 1. The van der Waals surface area contributed by atoms with Crippen molar-refractivity contribution in [3.8, 4) is 5.75 Å². The summed E-state index contributed by atoms with van der Waals surface area (Å²) in [5.41, 5.74) is 0.666. The van der Waals surface area contributed by atoms with Crippen molar-refractivity contribution in [1.82, 2.24) is 0 Å². The lowest BCUT2D eigenvalue weighted by Gasteiger charge is -2.09. The van der Waals surface area contributed by atoms with Crippen LogP contribution < -0.4 is 4.74 Å². The molecule has 4 heteroatoms. The number of aliphatic carboxylic acids is 1. The van der Waals surface area contributed by atoms with Crippen LogP contribution >= 0.6 is 0 Å². The highest BCUT2D eigenvalue weighted by molar-refractivity contribution is 5.96. The number of hydrogen-bond donors (Lipinski definition) is 1. The Morgan fingerprint density at radius 3 is 2.47 bits per heavy atom. The third-order valence-electron chi connectivity index (χ3n) is 3.78. The molecule has 0 heterocycles. The number of carbonyl (C=O) groups is 2. The molecular weight excluding hydrogens is 244 g/mol. The first-order valence-corrected chi connectivity index (χ1v) is 6.50. The van der Waals surface area contributed by atoms with E-state index in [9.17, 15) is 9.59 Å². The van der Waals surface area contributed by atoms with Gasteiger partial charge in [-0.1, -0.05) is 0 Å². The minimum Gasteiger partial charge on any atom is -0.497 e. The lowest BCUT2D eigenvalue weighted by atomic mass is 9.96. The second-order valence-corrected chi connectivity index (χ2v) is 5.07. The molecule has 1 aliphatic rings. The summed E-state index contributed by atoms with van der Waals surface area (Å²) in [6.45, 7) is 0. The number of carboxylic acid groups (broad SMARTS) is 1. The number of carboxylic acids is 1. The fraction of sp³-hybridized carbons (Fsp3) is 0.467. The molecule has 0 saturated heterocycles. The van der Waals surface area contributed by atoms with E-state index in [2.05, 4.69) is 0 Å². The average Bonchev–Trinajstić information content (AvgIpc) is 2.87. The van der Waals surface area contributed by atoms with Crippen molar-refractivity contribution in [2.75, 3.05) is 7.11 Å². The van der Waals surface area contributed by atoms with Gasteiger partial charge in [-0.3, -0.25) is 9.59 Å². The Bertz CT molecular complexity index is 464. The van der Waals surface area contributed by atoms with Crippen molar-refractivity contribution in [3.05, 3.63) is 29.8 Å². The zero-order chi connectivity index (χ0) is 13.8. The van der Waals surface area contributed by atoms with Crippen molar-refractivity contribution < 1.29 is 19.4 Å². The maximum atomic E-state index is 12.1. The Labute approximate surface area is 112 Å². The third kappa shape index (κ3) is 3.34. The van der Waals surface area contributed by atoms with Crippen LogP contribution in [0, 0.1) is 11.8 Å². The fourth-order valence-corrected chi connectivity index (χ4v) is 2.64. The van der Waals surface area contributed by atoms with Crippen LogP contribution in [0.3, 0.4) is 0 Å². The summed E-state index contributed by atoms with van der Waals surface area (Å²) in [4.78, 5) is 23.0. The molecule has 2 rings (SSSR count). The number of Topliss-reactive ketones (excluding diaryl/α,β-unsaturated/α-hetero) is 1. The van der Waals surface area contributed by atoms with E-state index in [4.69, 9.17) is 9.84 Å². The topological polar surface area (TPSA) is 63.6 Å². The molecule has 1 N–H and O–H groups in total. The SMILES string of the molecule is COc1ccc(C(=O)C[C@H]2CC[C@@H](C(=O)O)C2)cc1. The van der Waals surface area contributed by atoms with Crippen molar-refractivity contribution in [3.63, 3.8) is 0 Å². The summed E-state index contributed by atoms with van der Waals surface area (Å²) >= 11 is 0. The Hall–Kier alpha value is -1.84. The zero-order valence-electron chi connectivity index (χ0n) is 11.0. The van der Waals surface area contributed by atoms with Crippen molar-refractivity contribution >= 4 is 11.8 Å². The maximum Gasteiger partial charge on any atom is 0.306 e. The van der Waals surface area contributed by atoms with Crippen LogP contribution in [-0.4, -0.2) is 24.0 Å². The van der Waals surface area contributed by atoms with E-state index in [1.165, 1.54) is 0 Å². The molecule has 2 atom stereocenters. The van der Waals surface area contributed by atoms with Crippen LogP contribution in [0.4, 0.5) is 0 Å². The first-order chi connectivity index (χ1) is 9.10. The Balaban J connectivity index is 1.92. The Morgan fingerprint density at radius 2 is 1.95 bits per heavy atom. The number of carbonyl (C=O) groups excluding carboxylic acids is 1. The molecular formula is C15H18O4. The third-order valence-corrected chi connectivity index (χ3v) is 3.78. The van der Waals surface area contributed by atoms with Crippen molar-refractivity contribution in [1.29, 1.82) is 0 Å². The zero-order valence-corrected chi connectivity index (χ0v) is 11.0. The van der Waals surface area contributed by atoms with Gasteiger partial charge in [0.2, 0.25) is 0 Å². The van der Waals surface area contributed by atoms with Gasteiger partial charge in [-0.25, -0.2) is 0 Å². The summed E-state index contributed by atoms with van der Waals surface area (Å²) in [6, 6.07) is 7.04. The van der Waals surface area contributed by atoms with Gasteiger partial charge in [0.05, 0.1) is 13.0 Å². The minimum atomic E-state index is -0.737. The van der Waals surface area contributed by atoms with Gasteiger partial charge >= 0.3 is 5.97 Å². The molecule has 0 aromatic heterocycles. The molecule has 0 spiro atoms. The van der Waals surface area contributed by atoms with Gasteiger partial charge in [0.25, 0.3) is 0 Å². The standard InChI is InChI=1S/C15H18O4/c1-19-13-6-4-11(5-7-13)14(16)9-10-2-3-12(8-10)15(17)18/h4-7,10,12H,2-3,8-9H2,1H3,(H,17,18)/t10-,12+/m0/s1. The monoisotopic (exact) mass is 262 g/mol. The van der Waals surface area contributed by atoms with Crippen molar-refractivity contribution in [2.45, 2.75) is 25.7 Å². The number of benzene rings is 1. The van der Waals surface area contributed by atoms with Gasteiger partial charge in [0, 0.05) is 12.0 Å². The molecule has 0 aliphatic heterocycles. The van der Waals surface area contributed by atoms with Gasteiger partial charge in [-0.2, -0.15) is 0 Å². The summed E-state index contributed by atoms with van der Waals surface area (Å²) < 4.78 is 5.05. The van der Waals surface area contributed by atoms with E-state index in [-0.39, 0.29) is 17.6 Å². The number of hydrogen-bond acceptors (Lipinski definition) is 3. The van der Waals surface area contributed by atoms with E-state index in [1.54, 1.807) is 31.4 Å². The minimum absolute atomic E-state index is 0.0821. The van der Waals surface area contributed by atoms with E-state index >= 15 is 0 Å². The van der Waals surface area contributed by atoms with E-state index in [0.717, 1.165) is 12.2 Å². The first kappa shape index (κ1) is 13.6. The highest BCUT2D eigenvalue weighted by Gasteiger charge is 2.30. The molecule has 0 amide bonds. The van der Waals surface area contributed by atoms with E-state index < -0.39 is 5.97 Å². The molecule has 0 radical (unpaired) electrons. The highest BCUT2D eigenvalue weighted by Crippen LogP contribution is 2.34. The smallest absolute Gasteiger partial charge is 0.306 e. The van der Waals surface area contributed by atoms with Crippen LogP contribution in [0.25, 0.3) is 0 Å². The summed E-state index contributed by atoms with van der Waals surface area (Å²) in [5, 5.41) is 8.94. The Morgan fingerprint density at radius 1 is 1.26 bits per heavy atom. The maximum absolute atomic E-state index is 12.1. The lowest BCUT2D eigenvalue weighted by Crippen LogP contribution is -2.11. The van der Waals surface area contributed by atoms with Crippen LogP contribution in [-0.2, 0) is 4.79 Å². The predicted molar refractivity (Wildman–Crippen MR) is 70.4 cm³/mol. The van der Waals surface area contributed by atoms with Gasteiger partial charge in [-0.15, -0.1) is 0 Å². The van der Waals surface area contributed by atoms with Gasteiger partial charge in [0.1, 0.15) is 5.75 Å². The quantitative estimate of drug-likeness (QED) is 0.829. The first-order valence-electron chi connectivity index (χ1n) is 6.50. The molecule has 1 aromatic rings. The second kappa shape index (κ2) is 5.87. The van der Waals surface area contributed by atoms with Gasteiger partial charge in [-0.05, 0) is 49.4 Å². The number of ketones is 1. The lowest BCUT2D eigenvalue weighted by molar-refractivity contribution is -0.141. The second-order valence-electron chi connectivity index (χ2n) is 5.07. The Kier molecular flexibility index (Phi) is 4.20. The molecule has 1 saturated carbocycles. The summed E-state index contributed by atoms with van der Waals surface area (Å²) in [7, 11) is 1.58. The van der Waals surface area contributed by atoms with Crippen LogP contribution in [0.1, 0.15) is 36.0 Å². The summed E-state index contributed by atoms with van der Waals surface area (Å²) in [6.07, 6.45) is 2.59.